The predicted octanol–water partition coefficient (Wildman–Crippen LogP) is 7.28. The van der Waals surface area contributed by atoms with Crippen molar-refractivity contribution in [2.24, 2.45) is 4.99 Å². The fourth-order valence-corrected chi connectivity index (χ4v) is 3.39. The summed E-state index contributed by atoms with van der Waals surface area (Å²) in [4.78, 5) is 7.97. The monoisotopic (exact) mass is 477 g/mol. The SMILES string of the molecule is CCN(C)C=Nc1cc(C)c(N(C)c2ccc(C(F)(C(F)(F)F)C(F)(F)F)cc2C)cc1C. The molecule has 0 aliphatic heterocycles. The van der Waals surface area contributed by atoms with Crippen molar-refractivity contribution in [3.8, 4) is 0 Å². The van der Waals surface area contributed by atoms with E-state index in [0.29, 0.717) is 23.5 Å². The molecule has 0 bridgehead atoms. The smallest absolute Gasteiger partial charge is 0.366 e. The standard InChI is InChI=1S/C23H26F7N3/c1-7-32(5)13-31-18-11-16(4)20(12-14(18)2)33(6)19-9-8-17(10-15(19)3)21(24,22(25,26)27)23(28,29)30/h8-13H,7H2,1-6H3. The van der Waals surface area contributed by atoms with Gasteiger partial charge in [0.25, 0.3) is 0 Å². The maximum Gasteiger partial charge on any atom is 0.435 e. The van der Waals surface area contributed by atoms with Crippen LogP contribution in [0, 0.1) is 20.8 Å². The summed E-state index contributed by atoms with van der Waals surface area (Å²) in [5.41, 5.74) is -3.52. The summed E-state index contributed by atoms with van der Waals surface area (Å²) in [7, 11) is 3.51. The first-order valence-corrected chi connectivity index (χ1v) is 10.1. The van der Waals surface area contributed by atoms with Crippen LogP contribution >= 0.6 is 0 Å². The van der Waals surface area contributed by atoms with Crippen molar-refractivity contribution in [3.05, 3.63) is 52.6 Å². The lowest BCUT2D eigenvalue weighted by Gasteiger charge is -2.31. The number of aliphatic imine (C=N–C) groups is 1. The number of alkyl halides is 7. The van der Waals surface area contributed by atoms with Crippen LogP contribution in [-0.2, 0) is 5.67 Å². The van der Waals surface area contributed by atoms with Crippen LogP contribution in [0.15, 0.2) is 35.3 Å². The minimum atomic E-state index is -6.15. The molecule has 0 spiro atoms. The molecular weight excluding hydrogens is 451 g/mol. The first kappa shape index (κ1) is 26.5. The molecular formula is C23H26F7N3. The van der Waals surface area contributed by atoms with Crippen LogP contribution in [0.2, 0.25) is 0 Å². The molecule has 10 heteroatoms. The second-order valence-electron chi connectivity index (χ2n) is 7.96. The second-order valence-corrected chi connectivity index (χ2v) is 7.96. The number of aryl methyl sites for hydroxylation is 3. The van der Waals surface area contributed by atoms with Gasteiger partial charge in [-0.1, -0.05) is 12.1 Å². The summed E-state index contributed by atoms with van der Waals surface area (Å²) in [6.45, 7) is 7.75. The Labute approximate surface area is 188 Å². The quantitative estimate of drug-likeness (QED) is 0.247. The third-order valence-electron chi connectivity index (χ3n) is 5.51. The molecule has 0 aliphatic rings. The average molecular weight is 477 g/mol. The third kappa shape index (κ3) is 5.09. The Bertz CT molecular complexity index is 1010. The number of hydrogen-bond acceptors (Lipinski definition) is 2. The van der Waals surface area contributed by atoms with Gasteiger partial charge in [-0.15, -0.1) is 0 Å². The molecule has 0 fully saturated rings. The predicted molar refractivity (Wildman–Crippen MR) is 117 cm³/mol. The molecule has 3 nitrogen and oxygen atoms in total. The molecule has 0 radical (unpaired) electrons. The molecule has 182 valence electrons. The Kier molecular flexibility index (Phi) is 7.40. The van der Waals surface area contributed by atoms with Crippen LogP contribution in [-0.4, -0.2) is 44.2 Å². The van der Waals surface area contributed by atoms with E-state index in [2.05, 4.69) is 4.99 Å². The molecule has 2 aromatic carbocycles. The van der Waals surface area contributed by atoms with Gasteiger partial charge in [0.1, 0.15) is 0 Å². The summed E-state index contributed by atoms with van der Waals surface area (Å²) < 4.78 is 93.0. The first-order chi connectivity index (χ1) is 15.0. The van der Waals surface area contributed by atoms with Crippen molar-refractivity contribution in [2.45, 2.75) is 45.7 Å². The third-order valence-corrected chi connectivity index (χ3v) is 5.51. The molecule has 0 aliphatic carbocycles. The van der Waals surface area contributed by atoms with Gasteiger partial charge >= 0.3 is 18.0 Å². The van der Waals surface area contributed by atoms with Gasteiger partial charge in [0.2, 0.25) is 0 Å². The highest BCUT2D eigenvalue weighted by Crippen LogP contribution is 2.53. The lowest BCUT2D eigenvalue weighted by molar-refractivity contribution is -0.348. The van der Waals surface area contributed by atoms with Gasteiger partial charge in [0.15, 0.2) is 0 Å². The van der Waals surface area contributed by atoms with Crippen LogP contribution in [0.3, 0.4) is 0 Å². The van der Waals surface area contributed by atoms with E-state index in [1.807, 2.05) is 44.9 Å². The number of nitrogens with zero attached hydrogens (tertiary/aromatic N) is 3. The van der Waals surface area contributed by atoms with Crippen molar-refractivity contribution in [1.82, 2.24) is 4.90 Å². The number of halogens is 7. The minimum Gasteiger partial charge on any atom is -0.366 e. The van der Waals surface area contributed by atoms with Crippen molar-refractivity contribution >= 4 is 23.4 Å². The maximum atomic E-state index is 14.4. The minimum absolute atomic E-state index is 0.0641. The first-order valence-electron chi connectivity index (χ1n) is 10.1. The van der Waals surface area contributed by atoms with Gasteiger partial charge in [-0.3, -0.25) is 0 Å². The fourth-order valence-electron chi connectivity index (χ4n) is 3.39. The highest BCUT2D eigenvalue weighted by molar-refractivity contribution is 5.73. The average Bonchev–Trinajstić information content (AvgIpc) is 2.70. The summed E-state index contributed by atoms with van der Waals surface area (Å²) in [6, 6.07) is 5.85. The molecule has 0 aromatic heterocycles. The van der Waals surface area contributed by atoms with Gasteiger partial charge in [-0.2, -0.15) is 26.3 Å². The maximum absolute atomic E-state index is 14.4. The summed E-state index contributed by atoms with van der Waals surface area (Å²) in [5, 5.41) is 0. The van der Waals surface area contributed by atoms with E-state index < -0.39 is 23.6 Å². The lowest BCUT2D eigenvalue weighted by atomic mass is 9.92. The van der Waals surface area contributed by atoms with Crippen LogP contribution in [0.5, 0.6) is 0 Å². The molecule has 0 heterocycles. The van der Waals surface area contributed by atoms with Crippen molar-refractivity contribution in [1.29, 1.82) is 0 Å². The number of anilines is 2. The zero-order valence-corrected chi connectivity index (χ0v) is 19.2. The van der Waals surface area contributed by atoms with Crippen LogP contribution in [0.25, 0.3) is 0 Å². The van der Waals surface area contributed by atoms with E-state index in [0.717, 1.165) is 29.4 Å². The number of rotatable bonds is 6. The molecule has 0 saturated carbocycles. The lowest BCUT2D eigenvalue weighted by Crippen LogP contribution is -2.50. The Morgan fingerprint density at radius 2 is 1.33 bits per heavy atom. The molecule has 0 saturated heterocycles. The molecule has 2 rings (SSSR count). The zero-order valence-electron chi connectivity index (χ0n) is 19.2. The molecule has 0 amide bonds. The van der Waals surface area contributed by atoms with E-state index >= 15 is 0 Å². The summed E-state index contributed by atoms with van der Waals surface area (Å²) in [6.07, 6.45) is -10.6. The van der Waals surface area contributed by atoms with E-state index in [9.17, 15) is 30.7 Å². The van der Waals surface area contributed by atoms with Gasteiger partial charge in [0.05, 0.1) is 12.0 Å². The van der Waals surface area contributed by atoms with Crippen molar-refractivity contribution in [2.75, 3.05) is 25.5 Å². The molecule has 2 aromatic rings. The van der Waals surface area contributed by atoms with E-state index in [1.54, 1.807) is 18.3 Å². The number of hydrogen-bond donors (Lipinski definition) is 0. The van der Waals surface area contributed by atoms with Gasteiger partial charge in [0, 0.05) is 37.6 Å². The normalized spacial score (nSPS) is 13.0. The fraction of sp³-hybridized carbons (Fsp3) is 0.435. The summed E-state index contributed by atoms with van der Waals surface area (Å²) in [5.74, 6) is 0. The van der Waals surface area contributed by atoms with Crippen molar-refractivity contribution in [3.63, 3.8) is 0 Å². The molecule has 33 heavy (non-hydrogen) atoms. The van der Waals surface area contributed by atoms with E-state index in [4.69, 9.17) is 0 Å². The van der Waals surface area contributed by atoms with E-state index in [1.165, 1.54) is 6.92 Å². The Morgan fingerprint density at radius 1 is 0.788 bits per heavy atom. The van der Waals surface area contributed by atoms with Crippen LogP contribution < -0.4 is 4.90 Å². The molecule has 0 unspecified atom stereocenters. The van der Waals surface area contributed by atoms with Gasteiger partial charge in [-0.05, 0) is 62.6 Å². The van der Waals surface area contributed by atoms with E-state index in [-0.39, 0.29) is 5.56 Å². The summed E-state index contributed by atoms with van der Waals surface area (Å²) >= 11 is 0. The largest absolute Gasteiger partial charge is 0.435 e. The van der Waals surface area contributed by atoms with Crippen LogP contribution in [0.1, 0.15) is 29.2 Å². The Morgan fingerprint density at radius 3 is 1.82 bits per heavy atom. The van der Waals surface area contributed by atoms with Crippen molar-refractivity contribution < 1.29 is 30.7 Å². The molecule has 0 atom stereocenters. The van der Waals surface area contributed by atoms with Gasteiger partial charge in [-0.25, -0.2) is 9.38 Å². The highest BCUT2D eigenvalue weighted by atomic mass is 19.4. The second kappa shape index (κ2) is 9.23. The highest BCUT2D eigenvalue weighted by Gasteiger charge is 2.73. The van der Waals surface area contributed by atoms with Gasteiger partial charge < -0.3 is 9.80 Å². The van der Waals surface area contributed by atoms with Crippen LogP contribution in [0.4, 0.5) is 47.8 Å². The Hall–Kier alpha value is -2.78. The molecule has 0 N–H and O–H groups in total. The Balaban J connectivity index is 2.49. The number of benzene rings is 2. The zero-order chi connectivity index (χ0) is 25.4. The topological polar surface area (TPSA) is 18.8 Å².